The minimum Gasteiger partial charge on any atom is -0.481 e. The Morgan fingerprint density at radius 2 is 1.56 bits per heavy atom. The second-order valence-electron chi connectivity index (χ2n) is 7.42. The molecule has 1 heterocycles. The quantitative estimate of drug-likeness (QED) is 0.762. The maximum Gasteiger partial charge on any atom is 0.303 e. The van der Waals surface area contributed by atoms with Crippen LogP contribution in [0.15, 0.2) is 29.2 Å². The Balaban J connectivity index is 1.95. The van der Waals surface area contributed by atoms with E-state index < -0.39 is 16.0 Å². The van der Waals surface area contributed by atoms with Crippen LogP contribution in [0.5, 0.6) is 0 Å². The van der Waals surface area contributed by atoms with Gasteiger partial charge in [0.2, 0.25) is 15.9 Å². The average Bonchev–Trinajstić information content (AvgIpc) is 2.61. The molecule has 0 unspecified atom stereocenters. The Morgan fingerprint density at radius 3 is 2.04 bits per heavy atom. The Kier molecular flexibility index (Phi) is 7.00. The fourth-order valence-corrected chi connectivity index (χ4v) is 4.57. The molecule has 27 heavy (non-hydrogen) atoms. The molecule has 0 aliphatic carbocycles. The van der Waals surface area contributed by atoms with Crippen LogP contribution in [0.2, 0.25) is 0 Å². The van der Waals surface area contributed by atoms with Crippen molar-refractivity contribution in [2.24, 2.45) is 5.92 Å². The summed E-state index contributed by atoms with van der Waals surface area (Å²) in [6.45, 7) is 6.96. The Morgan fingerprint density at radius 1 is 1.00 bits per heavy atom. The van der Waals surface area contributed by atoms with Gasteiger partial charge >= 0.3 is 5.97 Å². The first-order valence-corrected chi connectivity index (χ1v) is 10.6. The van der Waals surface area contributed by atoms with E-state index in [1.807, 2.05) is 12.1 Å². The molecule has 1 atom stereocenters. The predicted octanol–water partition coefficient (Wildman–Crippen LogP) is 2.14. The maximum atomic E-state index is 12.8. The molecular formula is C19H28N2O5S. The molecule has 1 N–H and O–H groups in total. The molecule has 0 spiro atoms. The Labute approximate surface area is 161 Å². The van der Waals surface area contributed by atoms with Crippen molar-refractivity contribution in [3.63, 3.8) is 0 Å². The monoisotopic (exact) mass is 396 g/mol. The minimum atomic E-state index is -3.57. The zero-order valence-electron chi connectivity index (χ0n) is 16.1. The Hall–Kier alpha value is -1.93. The van der Waals surface area contributed by atoms with Gasteiger partial charge in [-0.25, -0.2) is 8.42 Å². The number of sulfonamides is 1. The molecule has 1 aromatic carbocycles. The summed E-state index contributed by atoms with van der Waals surface area (Å²) in [5, 5.41) is 8.79. The first kappa shape index (κ1) is 21.4. The van der Waals surface area contributed by atoms with E-state index in [2.05, 4.69) is 13.8 Å². The highest BCUT2D eigenvalue weighted by atomic mass is 32.2. The van der Waals surface area contributed by atoms with Crippen LogP contribution in [0.25, 0.3) is 0 Å². The number of amides is 1. The summed E-state index contributed by atoms with van der Waals surface area (Å²) in [7, 11) is -3.57. The number of benzene rings is 1. The molecule has 0 aromatic heterocycles. The van der Waals surface area contributed by atoms with Crippen molar-refractivity contribution >= 4 is 21.9 Å². The van der Waals surface area contributed by atoms with Crippen LogP contribution in [-0.4, -0.2) is 60.8 Å². The third-order valence-corrected chi connectivity index (χ3v) is 6.73. The van der Waals surface area contributed by atoms with Crippen molar-refractivity contribution in [3.05, 3.63) is 29.8 Å². The van der Waals surface area contributed by atoms with E-state index in [0.29, 0.717) is 19.0 Å². The highest BCUT2D eigenvalue weighted by Gasteiger charge is 2.30. The van der Waals surface area contributed by atoms with Crippen molar-refractivity contribution < 1.29 is 23.1 Å². The molecule has 0 bridgehead atoms. The standard InChI is InChI=1S/C19H28N2O5S/c1-14(2)16-4-6-17(7-5-16)27(25,26)21-10-8-20(9-11-21)18(22)12-15(3)13-19(23)24/h4-7,14-15H,8-13H2,1-3H3,(H,23,24)/t15-/m1/s1. The highest BCUT2D eigenvalue weighted by molar-refractivity contribution is 7.89. The van der Waals surface area contributed by atoms with Crippen molar-refractivity contribution in [1.29, 1.82) is 0 Å². The number of hydrogen-bond donors (Lipinski definition) is 1. The van der Waals surface area contributed by atoms with Crippen molar-refractivity contribution in [3.8, 4) is 0 Å². The van der Waals surface area contributed by atoms with Gasteiger partial charge in [0.25, 0.3) is 0 Å². The molecule has 1 aromatic rings. The van der Waals surface area contributed by atoms with Gasteiger partial charge in [0, 0.05) is 39.0 Å². The van der Waals surface area contributed by atoms with Crippen LogP contribution in [0.4, 0.5) is 0 Å². The molecule has 1 saturated heterocycles. The number of piperazine rings is 1. The van der Waals surface area contributed by atoms with E-state index in [-0.39, 0.29) is 42.7 Å². The zero-order chi connectivity index (χ0) is 20.2. The number of nitrogens with zero attached hydrogens (tertiary/aromatic N) is 2. The summed E-state index contributed by atoms with van der Waals surface area (Å²) >= 11 is 0. The molecule has 2 rings (SSSR count). The number of aliphatic carboxylic acids is 1. The smallest absolute Gasteiger partial charge is 0.303 e. The van der Waals surface area contributed by atoms with Crippen LogP contribution in [-0.2, 0) is 19.6 Å². The topological polar surface area (TPSA) is 95.0 Å². The van der Waals surface area contributed by atoms with Crippen molar-refractivity contribution in [1.82, 2.24) is 9.21 Å². The van der Waals surface area contributed by atoms with Crippen LogP contribution in [0.3, 0.4) is 0 Å². The summed E-state index contributed by atoms with van der Waals surface area (Å²) < 4.78 is 27.0. The molecule has 1 aliphatic heterocycles. The van der Waals surface area contributed by atoms with Gasteiger partial charge in [-0.1, -0.05) is 32.9 Å². The SMILES string of the molecule is CC(C)c1ccc(S(=O)(=O)N2CCN(C(=O)C[C@@H](C)CC(=O)O)CC2)cc1. The van der Waals surface area contributed by atoms with Crippen molar-refractivity contribution in [2.75, 3.05) is 26.2 Å². The van der Waals surface area contributed by atoms with E-state index in [4.69, 9.17) is 5.11 Å². The number of hydrogen-bond acceptors (Lipinski definition) is 4. The molecule has 150 valence electrons. The predicted molar refractivity (Wildman–Crippen MR) is 102 cm³/mol. The third kappa shape index (κ3) is 5.52. The van der Waals surface area contributed by atoms with Gasteiger partial charge in [0.15, 0.2) is 0 Å². The van der Waals surface area contributed by atoms with Gasteiger partial charge in [0.05, 0.1) is 4.90 Å². The summed E-state index contributed by atoms with van der Waals surface area (Å²) in [5.74, 6) is -0.951. The second-order valence-corrected chi connectivity index (χ2v) is 9.35. The summed E-state index contributed by atoms with van der Waals surface area (Å²) in [6, 6.07) is 6.94. The van der Waals surface area contributed by atoms with Crippen LogP contribution in [0.1, 0.15) is 45.1 Å². The number of carboxylic acids is 1. The van der Waals surface area contributed by atoms with E-state index in [1.54, 1.807) is 24.0 Å². The van der Waals surface area contributed by atoms with Crippen LogP contribution in [0, 0.1) is 5.92 Å². The zero-order valence-corrected chi connectivity index (χ0v) is 16.9. The highest BCUT2D eigenvalue weighted by Crippen LogP contribution is 2.21. The lowest BCUT2D eigenvalue weighted by Crippen LogP contribution is -2.50. The largest absolute Gasteiger partial charge is 0.481 e. The second kappa shape index (κ2) is 8.84. The fraction of sp³-hybridized carbons (Fsp3) is 0.579. The van der Waals surface area contributed by atoms with Gasteiger partial charge in [-0.15, -0.1) is 0 Å². The minimum absolute atomic E-state index is 0.0492. The average molecular weight is 397 g/mol. The lowest BCUT2D eigenvalue weighted by molar-refractivity contribution is -0.138. The molecule has 0 radical (unpaired) electrons. The van der Waals surface area contributed by atoms with Gasteiger partial charge in [-0.05, 0) is 29.5 Å². The number of carboxylic acid groups (broad SMARTS) is 1. The first-order valence-electron chi connectivity index (χ1n) is 9.21. The van der Waals surface area contributed by atoms with E-state index in [0.717, 1.165) is 5.56 Å². The molecule has 1 aliphatic rings. The fourth-order valence-electron chi connectivity index (χ4n) is 3.15. The third-order valence-electron chi connectivity index (χ3n) is 4.82. The first-order chi connectivity index (χ1) is 12.6. The van der Waals surface area contributed by atoms with Gasteiger partial charge in [-0.2, -0.15) is 4.31 Å². The van der Waals surface area contributed by atoms with Crippen LogP contribution >= 0.6 is 0 Å². The maximum absolute atomic E-state index is 12.8. The molecular weight excluding hydrogens is 368 g/mol. The van der Waals surface area contributed by atoms with Crippen molar-refractivity contribution in [2.45, 2.75) is 44.4 Å². The summed E-state index contributed by atoms with van der Waals surface area (Å²) in [5.41, 5.74) is 1.08. The normalized spacial score (nSPS) is 17.1. The molecule has 7 nitrogen and oxygen atoms in total. The molecule has 1 amide bonds. The van der Waals surface area contributed by atoms with Crippen LogP contribution < -0.4 is 0 Å². The number of rotatable bonds is 7. The number of carbonyl (C=O) groups is 2. The Bertz CT molecular complexity index is 766. The molecule has 0 saturated carbocycles. The van der Waals surface area contributed by atoms with E-state index in [1.165, 1.54) is 4.31 Å². The lowest BCUT2D eigenvalue weighted by atomic mass is 10.0. The summed E-state index contributed by atoms with van der Waals surface area (Å²) in [4.78, 5) is 24.9. The van der Waals surface area contributed by atoms with Gasteiger partial charge in [-0.3, -0.25) is 9.59 Å². The van der Waals surface area contributed by atoms with E-state index >= 15 is 0 Å². The van der Waals surface area contributed by atoms with Gasteiger partial charge < -0.3 is 10.0 Å². The lowest BCUT2D eigenvalue weighted by Gasteiger charge is -2.34. The van der Waals surface area contributed by atoms with Gasteiger partial charge in [0.1, 0.15) is 0 Å². The number of carbonyl (C=O) groups excluding carboxylic acids is 1. The van der Waals surface area contributed by atoms with E-state index in [9.17, 15) is 18.0 Å². The molecule has 8 heteroatoms. The summed E-state index contributed by atoms with van der Waals surface area (Å²) in [6.07, 6.45) is 0.113. The molecule has 1 fully saturated rings.